The molecule has 0 radical (unpaired) electrons. The standard InChI is InChI=1S/C25H23N3O5/c29-22(26-17-6-2-1-3-7-17)15-33-25(30)16-10-11-18-19(14-16)28-24(21-9-5-13-32-21)23(27-18)20-8-4-12-31-20/h4-5,8-14,17H,1-3,6-7,15H2,(H,26,29). The second-order valence-corrected chi connectivity index (χ2v) is 8.06. The Kier molecular flexibility index (Phi) is 5.89. The van der Waals surface area contributed by atoms with E-state index in [1.807, 2.05) is 0 Å². The van der Waals surface area contributed by atoms with Gasteiger partial charge in [-0.1, -0.05) is 19.3 Å². The number of furan rings is 2. The van der Waals surface area contributed by atoms with Gasteiger partial charge in [0.05, 0.1) is 29.1 Å². The van der Waals surface area contributed by atoms with E-state index in [0.29, 0.717) is 39.5 Å². The summed E-state index contributed by atoms with van der Waals surface area (Å²) >= 11 is 0. The first kappa shape index (κ1) is 20.9. The first-order valence-corrected chi connectivity index (χ1v) is 11.0. The summed E-state index contributed by atoms with van der Waals surface area (Å²) < 4.78 is 16.3. The Morgan fingerprint density at radius 1 is 0.909 bits per heavy atom. The number of fused-ring (bicyclic) bond motifs is 1. The largest absolute Gasteiger partial charge is 0.463 e. The molecule has 0 unspecified atom stereocenters. The molecule has 168 valence electrons. The predicted octanol–water partition coefficient (Wildman–Crippen LogP) is 4.76. The third-order valence-electron chi connectivity index (χ3n) is 5.71. The molecule has 33 heavy (non-hydrogen) atoms. The maximum absolute atomic E-state index is 12.6. The van der Waals surface area contributed by atoms with Crippen LogP contribution in [0.1, 0.15) is 42.5 Å². The van der Waals surface area contributed by atoms with Crippen LogP contribution in [0.3, 0.4) is 0 Å². The number of benzene rings is 1. The number of esters is 1. The predicted molar refractivity (Wildman–Crippen MR) is 120 cm³/mol. The number of amides is 1. The highest BCUT2D eigenvalue weighted by Gasteiger charge is 2.20. The maximum atomic E-state index is 12.6. The van der Waals surface area contributed by atoms with E-state index in [1.165, 1.54) is 6.42 Å². The van der Waals surface area contributed by atoms with Crippen molar-refractivity contribution in [2.75, 3.05) is 6.61 Å². The van der Waals surface area contributed by atoms with Crippen LogP contribution in [-0.4, -0.2) is 34.5 Å². The van der Waals surface area contributed by atoms with Crippen molar-refractivity contribution < 1.29 is 23.2 Å². The van der Waals surface area contributed by atoms with Gasteiger partial charge in [0.1, 0.15) is 11.4 Å². The van der Waals surface area contributed by atoms with E-state index in [2.05, 4.69) is 15.3 Å². The summed E-state index contributed by atoms with van der Waals surface area (Å²) in [4.78, 5) is 34.1. The number of hydrogen-bond acceptors (Lipinski definition) is 7. The molecule has 0 atom stereocenters. The molecule has 8 heteroatoms. The van der Waals surface area contributed by atoms with Crippen molar-refractivity contribution in [3.05, 3.63) is 60.6 Å². The Morgan fingerprint density at radius 2 is 1.58 bits per heavy atom. The molecule has 3 aromatic heterocycles. The molecule has 0 saturated heterocycles. The molecule has 0 aliphatic heterocycles. The molecule has 0 spiro atoms. The fourth-order valence-electron chi connectivity index (χ4n) is 4.08. The van der Waals surface area contributed by atoms with Crippen LogP contribution in [0.15, 0.2) is 63.8 Å². The Labute approximate surface area is 190 Å². The molecule has 1 amide bonds. The summed E-state index contributed by atoms with van der Waals surface area (Å²) in [7, 11) is 0. The van der Waals surface area contributed by atoms with Crippen LogP contribution >= 0.6 is 0 Å². The molecule has 4 aromatic rings. The highest BCUT2D eigenvalue weighted by molar-refractivity contribution is 5.95. The van der Waals surface area contributed by atoms with Crippen molar-refractivity contribution in [3.63, 3.8) is 0 Å². The van der Waals surface area contributed by atoms with E-state index in [9.17, 15) is 9.59 Å². The maximum Gasteiger partial charge on any atom is 0.338 e. The van der Waals surface area contributed by atoms with Crippen LogP contribution in [0.25, 0.3) is 33.9 Å². The summed E-state index contributed by atoms with van der Waals surface area (Å²) in [6.07, 6.45) is 8.50. The highest BCUT2D eigenvalue weighted by atomic mass is 16.5. The lowest BCUT2D eigenvalue weighted by molar-refractivity contribution is -0.125. The van der Waals surface area contributed by atoms with Crippen molar-refractivity contribution in [3.8, 4) is 22.9 Å². The van der Waals surface area contributed by atoms with Gasteiger partial charge in [-0.15, -0.1) is 0 Å². The van der Waals surface area contributed by atoms with Gasteiger partial charge in [0.2, 0.25) is 0 Å². The molecule has 1 saturated carbocycles. The molecule has 1 aliphatic rings. The first-order valence-electron chi connectivity index (χ1n) is 11.0. The van der Waals surface area contributed by atoms with Crippen LogP contribution in [0.5, 0.6) is 0 Å². The van der Waals surface area contributed by atoms with Gasteiger partial charge in [0.25, 0.3) is 5.91 Å². The third kappa shape index (κ3) is 4.64. The van der Waals surface area contributed by atoms with Gasteiger partial charge in [-0.3, -0.25) is 4.79 Å². The lowest BCUT2D eigenvalue weighted by Gasteiger charge is -2.22. The van der Waals surface area contributed by atoms with Crippen LogP contribution in [0, 0.1) is 0 Å². The molecule has 5 rings (SSSR count). The summed E-state index contributed by atoms with van der Waals surface area (Å²) in [6, 6.07) is 12.2. The second-order valence-electron chi connectivity index (χ2n) is 8.06. The average molecular weight is 445 g/mol. The minimum absolute atomic E-state index is 0.171. The monoisotopic (exact) mass is 445 g/mol. The number of carbonyl (C=O) groups excluding carboxylic acids is 2. The molecule has 1 N–H and O–H groups in total. The molecular weight excluding hydrogens is 422 g/mol. The van der Waals surface area contributed by atoms with E-state index in [1.54, 1.807) is 55.0 Å². The average Bonchev–Trinajstić information content (AvgIpc) is 3.57. The zero-order chi connectivity index (χ0) is 22.6. The van der Waals surface area contributed by atoms with Gasteiger partial charge in [0, 0.05) is 6.04 Å². The smallest absolute Gasteiger partial charge is 0.338 e. The molecule has 1 aliphatic carbocycles. The van der Waals surface area contributed by atoms with E-state index < -0.39 is 5.97 Å². The van der Waals surface area contributed by atoms with Crippen molar-refractivity contribution in [2.45, 2.75) is 38.1 Å². The Morgan fingerprint density at radius 3 is 2.21 bits per heavy atom. The molecule has 1 fully saturated rings. The van der Waals surface area contributed by atoms with Gasteiger partial charge in [-0.2, -0.15) is 0 Å². The Balaban J connectivity index is 1.36. The fraction of sp³-hybridized carbons (Fsp3) is 0.280. The van der Waals surface area contributed by atoms with Crippen molar-refractivity contribution in [1.82, 2.24) is 15.3 Å². The number of nitrogens with one attached hydrogen (secondary N) is 1. The topological polar surface area (TPSA) is 107 Å². The zero-order valence-electron chi connectivity index (χ0n) is 18.0. The lowest BCUT2D eigenvalue weighted by Crippen LogP contribution is -2.38. The van der Waals surface area contributed by atoms with Gasteiger partial charge in [-0.25, -0.2) is 14.8 Å². The van der Waals surface area contributed by atoms with E-state index in [0.717, 1.165) is 25.7 Å². The highest BCUT2D eigenvalue weighted by Crippen LogP contribution is 2.31. The summed E-state index contributed by atoms with van der Waals surface area (Å²) in [5, 5.41) is 2.94. The second kappa shape index (κ2) is 9.28. The molecule has 0 bridgehead atoms. The lowest BCUT2D eigenvalue weighted by atomic mass is 9.95. The molecule has 8 nitrogen and oxygen atoms in total. The first-order chi connectivity index (χ1) is 16.2. The normalized spacial score (nSPS) is 14.3. The Hall–Kier alpha value is -3.94. The van der Waals surface area contributed by atoms with Crippen LogP contribution in [0.4, 0.5) is 0 Å². The van der Waals surface area contributed by atoms with Crippen molar-refractivity contribution >= 4 is 22.9 Å². The van der Waals surface area contributed by atoms with Crippen LogP contribution in [-0.2, 0) is 9.53 Å². The molecule has 1 aromatic carbocycles. The number of ether oxygens (including phenoxy) is 1. The number of aromatic nitrogens is 2. The van der Waals surface area contributed by atoms with Crippen molar-refractivity contribution in [2.24, 2.45) is 0 Å². The Bertz CT molecular complexity index is 1260. The SMILES string of the molecule is O=C(COC(=O)c1ccc2nc(-c3ccco3)c(-c3ccco3)nc2c1)NC1CCCCC1. The minimum atomic E-state index is -0.591. The summed E-state index contributed by atoms with van der Waals surface area (Å²) in [5.74, 6) is 0.220. The van der Waals surface area contributed by atoms with E-state index in [-0.39, 0.29) is 18.6 Å². The quantitative estimate of drug-likeness (QED) is 0.427. The number of rotatable bonds is 6. The van der Waals surface area contributed by atoms with E-state index >= 15 is 0 Å². The number of nitrogens with zero attached hydrogens (tertiary/aromatic N) is 2. The van der Waals surface area contributed by atoms with Gasteiger partial charge in [-0.05, 0) is 55.3 Å². The van der Waals surface area contributed by atoms with Gasteiger partial charge in [0.15, 0.2) is 18.1 Å². The summed E-state index contributed by atoms with van der Waals surface area (Å²) in [5.41, 5.74) is 2.41. The fourth-order valence-corrected chi connectivity index (χ4v) is 4.08. The minimum Gasteiger partial charge on any atom is -0.463 e. The number of hydrogen-bond donors (Lipinski definition) is 1. The molecule has 3 heterocycles. The van der Waals surface area contributed by atoms with Crippen LogP contribution in [0.2, 0.25) is 0 Å². The van der Waals surface area contributed by atoms with Crippen LogP contribution < -0.4 is 5.32 Å². The third-order valence-corrected chi connectivity index (χ3v) is 5.71. The van der Waals surface area contributed by atoms with Gasteiger partial charge < -0.3 is 18.9 Å². The number of carbonyl (C=O) groups is 2. The zero-order valence-corrected chi connectivity index (χ0v) is 18.0. The molecular formula is C25H23N3O5. The van der Waals surface area contributed by atoms with E-state index in [4.69, 9.17) is 13.6 Å². The summed E-state index contributed by atoms with van der Waals surface area (Å²) in [6.45, 7) is -0.311. The van der Waals surface area contributed by atoms with Crippen molar-refractivity contribution in [1.29, 1.82) is 0 Å². The van der Waals surface area contributed by atoms with Gasteiger partial charge >= 0.3 is 5.97 Å².